The first-order valence-electron chi connectivity index (χ1n) is 9.36. The number of carbonyl (C=O) groups is 1. The lowest BCUT2D eigenvalue weighted by Crippen LogP contribution is -2.27. The van der Waals surface area contributed by atoms with Crippen LogP contribution < -0.4 is 10.1 Å². The number of rotatable bonds is 7. The Kier molecular flexibility index (Phi) is 6.02. The summed E-state index contributed by atoms with van der Waals surface area (Å²) in [6, 6.07) is 17.5. The van der Waals surface area contributed by atoms with Gasteiger partial charge in [-0.25, -0.2) is 4.39 Å². The van der Waals surface area contributed by atoms with Crippen molar-refractivity contribution >= 4 is 33.1 Å². The van der Waals surface area contributed by atoms with Gasteiger partial charge in [0.15, 0.2) is 11.6 Å². The number of anilines is 1. The lowest BCUT2D eigenvalue weighted by Gasteiger charge is -2.14. The van der Waals surface area contributed by atoms with Crippen LogP contribution in [0.4, 0.5) is 10.1 Å². The maximum atomic E-state index is 14.6. The summed E-state index contributed by atoms with van der Waals surface area (Å²) in [4.78, 5) is 16.6. The minimum absolute atomic E-state index is 0.0716. The second-order valence-corrected chi connectivity index (χ2v) is 7.54. The zero-order valence-corrected chi connectivity index (χ0v) is 17.0. The maximum absolute atomic E-state index is 14.6. The molecule has 2 aromatic carbocycles. The molecule has 4 rings (SSSR count). The lowest BCUT2D eigenvalue weighted by molar-refractivity contribution is -0.127. The first-order valence-corrected chi connectivity index (χ1v) is 10.2. The Morgan fingerprint density at radius 1 is 1.13 bits per heavy atom. The molecule has 1 unspecified atom stereocenters. The van der Waals surface area contributed by atoms with Gasteiger partial charge in [-0.2, -0.15) is 0 Å². The number of carbonyl (C=O) groups excluding carboxylic acids is 1. The van der Waals surface area contributed by atoms with Crippen molar-refractivity contribution in [1.82, 2.24) is 4.98 Å². The van der Waals surface area contributed by atoms with Gasteiger partial charge in [-0.1, -0.05) is 30.3 Å². The third-order valence-electron chi connectivity index (χ3n) is 4.44. The maximum Gasteiger partial charge on any atom is 0.253 e. The SMILES string of the molecule is CC(OCc1ccccc1)C(=O)Nc1ccc(Oc2ccnc3ccsc23)c(F)c1. The van der Waals surface area contributed by atoms with E-state index in [0.29, 0.717) is 18.0 Å². The molecule has 0 fully saturated rings. The van der Waals surface area contributed by atoms with Crippen molar-refractivity contribution in [1.29, 1.82) is 0 Å². The van der Waals surface area contributed by atoms with E-state index in [0.717, 1.165) is 15.8 Å². The summed E-state index contributed by atoms with van der Waals surface area (Å²) in [5.41, 5.74) is 2.10. The molecule has 0 spiro atoms. The Hall–Kier alpha value is -3.29. The highest BCUT2D eigenvalue weighted by atomic mass is 32.1. The molecule has 0 bridgehead atoms. The molecular weight excluding hydrogens is 403 g/mol. The first kappa shape index (κ1) is 20.0. The van der Waals surface area contributed by atoms with Crippen LogP contribution in [0.2, 0.25) is 0 Å². The number of hydrogen-bond acceptors (Lipinski definition) is 5. The highest BCUT2D eigenvalue weighted by Gasteiger charge is 2.15. The van der Waals surface area contributed by atoms with E-state index in [-0.39, 0.29) is 11.7 Å². The first-order chi connectivity index (χ1) is 14.6. The van der Waals surface area contributed by atoms with Crippen LogP contribution in [0.25, 0.3) is 10.2 Å². The Bertz CT molecular complexity index is 1160. The zero-order chi connectivity index (χ0) is 20.9. The molecule has 30 heavy (non-hydrogen) atoms. The van der Waals surface area contributed by atoms with Crippen molar-refractivity contribution in [3.63, 3.8) is 0 Å². The summed E-state index contributed by atoms with van der Waals surface area (Å²) in [6.07, 6.45) is 0.932. The number of aromatic nitrogens is 1. The Labute approximate surface area is 177 Å². The van der Waals surface area contributed by atoms with Crippen molar-refractivity contribution in [3.05, 3.63) is 83.6 Å². The van der Waals surface area contributed by atoms with E-state index in [9.17, 15) is 9.18 Å². The molecule has 4 aromatic rings. The van der Waals surface area contributed by atoms with Gasteiger partial charge in [-0.15, -0.1) is 11.3 Å². The molecule has 2 heterocycles. The molecule has 0 radical (unpaired) electrons. The molecule has 0 aliphatic heterocycles. The summed E-state index contributed by atoms with van der Waals surface area (Å²) >= 11 is 1.48. The average Bonchev–Trinajstić information content (AvgIpc) is 3.24. The van der Waals surface area contributed by atoms with Crippen molar-refractivity contribution in [3.8, 4) is 11.5 Å². The summed E-state index contributed by atoms with van der Waals surface area (Å²) in [6.45, 7) is 1.97. The van der Waals surface area contributed by atoms with Crippen molar-refractivity contribution < 1.29 is 18.7 Å². The van der Waals surface area contributed by atoms with E-state index >= 15 is 0 Å². The topological polar surface area (TPSA) is 60.5 Å². The van der Waals surface area contributed by atoms with Gasteiger partial charge in [0.05, 0.1) is 16.8 Å². The van der Waals surface area contributed by atoms with Crippen LogP contribution in [0.1, 0.15) is 12.5 Å². The van der Waals surface area contributed by atoms with Crippen LogP contribution in [0.3, 0.4) is 0 Å². The van der Waals surface area contributed by atoms with Gasteiger partial charge >= 0.3 is 0 Å². The summed E-state index contributed by atoms with van der Waals surface area (Å²) in [7, 11) is 0. The minimum Gasteiger partial charge on any atom is -0.453 e. The van der Waals surface area contributed by atoms with Gasteiger partial charge in [0.1, 0.15) is 11.9 Å². The number of nitrogens with zero attached hydrogens (tertiary/aromatic N) is 1. The van der Waals surface area contributed by atoms with E-state index in [1.807, 2.05) is 41.8 Å². The number of nitrogens with one attached hydrogen (secondary N) is 1. The fourth-order valence-electron chi connectivity index (χ4n) is 2.82. The predicted octanol–water partition coefficient (Wildman–Crippen LogP) is 5.77. The Balaban J connectivity index is 1.39. The molecular formula is C23H19FN2O3S. The van der Waals surface area contributed by atoms with Crippen molar-refractivity contribution in [2.75, 3.05) is 5.32 Å². The quantitative estimate of drug-likeness (QED) is 0.411. The minimum atomic E-state index is -0.687. The number of pyridine rings is 1. The number of hydrogen-bond donors (Lipinski definition) is 1. The molecule has 2 aromatic heterocycles. The van der Waals surface area contributed by atoms with Crippen LogP contribution >= 0.6 is 11.3 Å². The van der Waals surface area contributed by atoms with E-state index in [2.05, 4.69) is 10.3 Å². The van der Waals surface area contributed by atoms with Gasteiger partial charge in [-0.05, 0) is 36.1 Å². The second-order valence-electron chi connectivity index (χ2n) is 6.62. The predicted molar refractivity (Wildman–Crippen MR) is 115 cm³/mol. The van der Waals surface area contributed by atoms with Crippen LogP contribution in [0, 0.1) is 5.82 Å². The number of fused-ring (bicyclic) bond motifs is 1. The third kappa shape index (κ3) is 4.64. The van der Waals surface area contributed by atoms with Crippen molar-refractivity contribution in [2.45, 2.75) is 19.6 Å². The summed E-state index contributed by atoms with van der Waals surface area (Å²) < 4.78 is 26.7. The highest BCUT2D eigenvalue weighted by Crippen LogP contribution is 2.34. The zero-order valence-electron chi connectivity index (χ0n) is 16.2. The molecule has 1 atom stereocenters. The Morgan fingerprint density at radius 2 is 1.97 bits per heavy atom. The standard InChI is InChI=1S/C23H19FN2O3S/c1-15(28-14-16-5-3-2-4-6-16)23(27)26-17-7-8-20(18(24)13-17)29-21-9-11-25-19-10-12-30-22(19)21/h2-13,15H,14H2,1H3,(H,26,27). The third-order valence-corrected chi connectivity index (χ3v) is 5.36. The molecule has 152 valence electrons. The average molecular weight is 422 g/mol. The number of amides is 1. The summed E-state index contributed by atoms with van der Waals surface area (Å²) in [5, 5.41) is 4.57. The molecule has 7 heteroatoms. The van der Waals surface area contributed by atoms with Gasteiger partial charge in [0, 0.05) is 24.0 Å². The van der Waals surface area contributed by atoms with Crippen molar-refractivity contribution in [2.24, 2.45) is 0 Å². The molecule has 0 aliphatic rings. The molecule has 0 saturated carbocycles. The van der Waals surface area contributed by atoms with Crippen LogP contribution in [0.15, 0.2) is 72.2 Å². The normalized spacial score (nSPS) is 11.9. The van der Waals surface area contributed by atoms with E-state index < -0.39 is 11.9 Å². The Morgan fingerprint density at radius 3 is 2.77 bits per heavy atom. The second kappa shape index (κ2) is 9.02. The van der Waals surface area contributed by atoms with Crippen LogP contribution in [0.5, 0.6) is 11.5 Å². The highest BCUT2D eigenvalue weighted by molar-refractivity contribution is 7.17. The van der Waals surface area contributed by atoms with Crippen LogP contribution in [-0.4, -0.2) is 17.0 Å². The number of thiophene rings is 1. The van der Waals surface area contributed by atoms with E-state index in [4.69, 9.17) is 9.47 Å². The van der Waals surface area contributed by atoms with E-state index in [1.54, 1.807) is 25.3 Å². The smallest absolute Gasteiger partial charge is 0.253 e. The van der Waals surface area contributed by atoms with Gasteiger partial charge in [0.25, 0.3) is 5.91 Å². The molecule has 0 aliphatic carbocycles. The molecule has 0 saturated heterocycles. The summed E-state index contributed by atoms with van der Waals surface area (Å²) in [5.74, 6) is -0.323. The van der Waals surface area contributed by atoms with Gasteiger partial charge < -0.3 is 14.8 Å². The monoisotopic (exact) mass is 422 g/mol. The lowest BCUT2D eigenvalue weighted by atomic mass is 10.2. The van der Waals surface area contributed by atoms with Crippen LogP contribution in [-0.2, 0) is 16.1 Å². The van der Waals surface area contributed by atoms with E-state index in [1.165, 1.54) is 23.5 Å². The fraction of sp³-hybridized carbons (Fsp3) is 0.130. The molecule has 1 N–H and O–H groups in total. The molecule has 1 amide bonds. The largest absolute Gasteiger partial charge is 0.453 e. The number of ether oxygens (including phenoxy) is 2. The molecule has 5 nitrogen and oxygen atoms in total. The number of benzene rings is 2. The van der Waals surface area contributed by atoms with Gasteiger partial charge in [-0.3, -0.25) is 9.78 Å². The fourth-order valence-corrected chi connectivity index (χ4v) is 3.63. The van der Waals surface area contributed by atoms with Gasteiger partial charge in [0.2, 0.25) is 0 Å². The number of halogens is 1.